The maximum Gasteiger partial charge on any atom is 0.223 e. The molecule has 0 spiro atoms. The number of anilines is 1. The minimum absolute atomic E-state index is 0.264. The van der Waals surface area contributed by atoms with Crippen molar-refractivity contribution in [3.8, 4) is 6.07 Å². The number of carbonyl (C=O) groups is 1. The van der Waals surface area contributed by atoms with Crippen LogP contribution in [0.4, 0.5) is 5.82 Å². The summed E-state index contributed by atoms with van der Waals surface area (Å²) in [5, 5.41) is 9.14. The summed E-state index contributed by atoms with van der Waals surface area (Å²) in [4.78, 5) is 21.6. The highest BCUT2D eigenvalue weighted by atomic mass is 16.2. The highest BCUT2D eigenvalue weighted by molar-refractivity contribution is 5.77. The largest absolute Gasteiger partial charge is 0.353 e. The van der Waals surface area contributed by atoms with Gasteiger partial charge in [-0.2, -0.15) is 5.26 Å². The summed E-state index contributed by atoms with van der Waals surface area (Å²) in [5.41, 5.74) is 1.29. The molecule has 2 heterocycles. The van der Waals surface area contributed by atoms with Gasteiger partial charge in [0.25, 0.3) is 0 Å². The van der Waals surface area contributed by atoms with Crippen LogP contribution in [0.15, 0.2) is 36.0 Å². The number of hydrogen-bond acceptors (Lipinski definition) is 4. The molecule has 0 N–H and O–H groups in total. The summed E-state index contributed by atoms with van der Waals surface area (Å²) in [6.45, 7) is 9.80. The lowest BCUT2D eigenvalue weighted by molar-refractivity contribution is -0.132. The van der Waals surface area contributed by atoms with Crippen molar-refractivity contribution in [2.45, 2.75) is 40.0 Å². The van der Waals surface area contributed by atoms with Gasteiger partial charge in [0.1, 0.15) is 5.82 Å². The first-order chi connectivity index (χ1) is 13.5. The predicted molar refractivity (Wildman–Crippen MR) is 112 cm³/mol. The average molecular weight is 381 g/mol. The van der Waals surface area contributed by atoms with E-state index in [0.29, 0.717) is 36.5 Å². The summed E-state index contributed by atoms with van der Waals surface area (Å²) < 4.78 is 0. The van der Waals surface area contributed by atoms with E-state index in [1.807, 2.05) is 29.3 Å². The molecule has 3 unspecified atom stereocenters. The Morgan fingerprint density at radius 2 is 2.04 bits per heavy atom. The van der Waals surface area contributed by atoms with Crippen molar-refractivity contribution in [1.82, 2.24) is 9.88 Å². The van der Waals surface area contributed by atoms with Crippen molar-refractivity contribution in [2.75, 3.05) is 31.1 Å². The van der Waals surface area contributed by atoms with Crippen LogP contribution in [0.3, 0.4) is 0 Å². The van der Waals surface area contributed by atoms with E-state index in [1.54, 1.807) is 0 Å². The van der Waals surface area contributed by atoms with Crippen LogP contribution in [-0.4, -0.2) is 42.0 Å². The summed E-state index contributed by atoms with van der Waals surface area (Å²) in [5.74, 6) is 2.91. The number of aromatic nitrogens is 1. The summed E-state index contributed by atoms with van der Waals surface area (Å²) in [7, 11) is 0. The summed E-state index contributed by atoms with van der Waals surface area (Å²) >= 11 is 0. The van der Waals surface area contributed by atoms with Gasteiger partial charge in [0.15, 0.2) is 0 Å². The third kappa shape index (κ3) is 4.73. The second kappa shape index (κ2) is 9.23. The fourth-order valence-corrected chi connectivity index (χ4v) is 4.68. The Hall–Kier alpha value is -2.35. The Morgan fingerprint density at radius 3 is 2.64 bits per heavy atom. The fourth-order valence-electron chi connectivity index (χ4n) is 4.68. The van der Waals surface area contributed by atoms with Gasteiger partial charge in [0.2, 0.25) is 5.91 Å². The van der Waals surface area contributed by atoms with E-state index in [4.69, 9.17) is 5.26 Å². The van der Waals surface area contributed by atoms with E-state index in [2.05, 4.69) is 42.8 Å². The summed E-state index contributed by atoms with van der Waals surface area (Å²) in [6.07, 6.45) is 6.28. The van der Waals surface area contributed by atoms with E-state index >= 15 is 0 Å². The van der Waals surface area contributed by atoms with Gasteiger partial charge in [0.05, 0.1) is 6.07 Å². The summed E-state index contributed by atoms with van der Waals surface area (Å²) in [6, 6.07) is 8.29. The SMILES string of the molecule is CC1=CC(CC#N)C(C(C)C)CC1CC(=O)N1CCN(c2ccccn2)CC1. The highest BCUT2D eigenvalue weighted by Gasteiger charge is 2.33. The second-order valence-corrected chi connectivity index (χ2v) is 8.54. The topological polar surface area (TPSA) is 60.2 Å². The van der Waals surface area contributed by atoms with Crippen LogP contribution < -0.4 is 4.90 Å². The number of pyridine rings is 1. The van der Waals surface area contributed by atoms with Crippen LogP contribution >= 0.6 is 0 Å². The molecule has 0 saturated carbocycles. The Labute approximate surface area is 169 Å². The molecule has 5 nitrogen and oxygen atoms in total. The van der Waals surface area contributed by atoms with E-state index in [-0.39, 0.29) is 5.91 Å². The number of rotatable bonds is 5. The monoisotopic (exact) mass is 380 g/mol. The van der Waals surface area contributed by atoms with Crippen LogP contribution in [0.5, 0.6) is 0 Å². The highest BCUT2D eigenvalue weighted by Crippen LogP contribution is 2.40. The van der Waals surface area contributed by atoms with Crippen LogP contribution in [0.1, 0.15) is 40.0 Å². The smallest absolute Gasteiger partial charge is 0.223 e. The zero-order chi connectivity index (χ0) is 20.1. The Morgan fingerprint density at radius 1 is 1.29 bits per heavy atom. The predicted octanol–water partition coefficient (Wildman–Crippen LogP) is 3.89. The Kier molecular flexibility index (Phi) is 6.72. The number of nitriles is 1. The molecule has 1 aliphatic carbocycles. The molecule has 28 heavy (non-hydrogen) atoms. The van der Waals surface area contributed by atoms with Gasteiger partial charge in [-0.3, -0.25) is 4.79 Å². The maximum atomic E-state index is 13.0. The molecular weight excluding hydrogens is 348 g/mol. The van der Waals surface area contributed by atoms with Crippen molar-refractivity contribution >= 4 is 11.7 Å². The lowest BCUT2D eigenvalue weighted by Crippen LogP contribution is -2.49. The molecule has 0 radical (unpaired) electrons. The van der Waals surface area contributed by atoms with Crippen molar-refractivity contribution in [1.29, 1.82) is 5.26 Å². The van der Waals surface area contributed by atoms with E-state index in [9.17, 15) is 4.79 Å². The van der Waals surface area contributed by atoms with E-state index in [1.165, 1.54) is 5.57 Å². The molecule has 0 bridgehead atoms. The van der Waals surface area contributed by atoms with Gasteiger partial charge < -0.3 is 9.80 Å². The molecule has 2 aliphatic rings. The Bertz CT molecular complexity index is 729. The van der Waals surface area contributed by atoms with Gasteiger partial charge in [-0.25, -0.2) is 4.98 Å². The first-order valence-corrected chi connectivity index (χ1v) is 10.5. The van der Waals surface area contributed by atoms with Crippen molar-refractivity contribution in [3.05, 3.63) is 36.0 Å². The first kappa shape index (κ1) is 20.4. The van der Waals surface area contributed by atoms with Crippen molar-refractivity contribution in [2.24, 2.45) is 23.7 Å². The molecule has 0 aromatic carbocycles. The average Bonchev–Trinajstić information content (AvgIpc) is 2.70. The van der Waals surface area contributed by atoms with Crippen molar-refractivity contribution < 1.29 is 4.79 Å². The standard InChI is InChI=1S/C23H32N4O/c1-17(2)21-15-20(18(3)14-19(21)7-8-24)16-23(28)27-12-10-26(11-13-27)22-6-4-5-9-25-22/h4-6,9,14,17,19-21H,7,10-13,15-16H2,1-3H3. The van der Waals surface area contributed by atoms with Crippen LogP contribution in [-0.2, 0) is 4.79 Å². The first-order valence-electron chi connectivity index (χ1n) is 10.5. The molecule has 5 heteroatoms. The molecule has 1 saturated heterocycles. The maximum absolute atomic E-state index is 13.0. The molecule has 1 aromatic rings. The molecule has 3 rings (SSSR count). The van der Waals surface area contributed by atoms with Crippen molar-refractivity contribution in [3.63, 3.8) is 0 Å². The molecule has 1 fully saturated rings. The molecular formula is C23H32N4O. The van der Waals surface area contributed by atoms with Gasteiger partial charge in [0, 0.05) is 45.2 Å². The third-order valence-electron chi connectivity index (χ3n) is 6.44. The van der Waals surface area contributed by atoms with Crippen LogP contribution in [0.25, 0.3) is 0 Å². The zero-order valence-corrected chi connectivity index (χ0v) is 17.3. The second-order valence-electron chi connectivity index (χ2n) is 8.54. The van der Waals surface area contributed by atoms with E-state index in [0.717, 1.165) is 38.4 Å². The number of nitrogens with zero attached hydrogens (tertiary/aromatic N) is 4. The molecule has 1 aliphatic heterocycles. The van der Waals surface area contributed by atoms with Gasteiger partial charge in [-0.1, -0.05) is 31.6 Å². The lowest BCUT2D eigenvalue weighted by atomic mass is 9.69. The normalized spacial score (nSPS) is 25.4. The number of allylic oxidation sites excluding steroid dienone is 2. The fraction of sp³-hybridized carbons (Fsp3) is 0.609. The minimum atomic E-state index is 0.264. The number of carbonyl (C=O) groups excluding carboxylic acids is 1. The number of hydrogen-bond donors (Lipinski definition) is 0. The zero-order valence-electron chi connectivity index (χ0n) is 17.3. The van der Waals surface area contributed by atoms with Crippen LogP contribution in [0, 0.1) is 35.0 Å². The van der Waals surface area contributed by atoms with Gasteiger partial charge >= 0.3 is 0 Å². The van der Waals surface area contributed by atoms with Gasteiger partial charge in [-0.05, 0) is 49.1 Å². The molecule has 1 aromatic heterocycles. The number of amides is 1. The van der Waals surface area contributed by atoms with Gasteiger partial charge in [-0.15, -0.1) is 0 Å². The quantitative estimate of drug-likeness (QED) is 0.727. The molecule has 150 valence electrons. The molecule has 3 atom stereocenters. The Balaban J connectivity index is 1.57. The minimum Gasteiger partial charge on any atom is -0.353 e. The third-order valence-corrected chi connectivity index (χ3v) is 6.44. The number of piperazine rings is 1. The van der Waals surface area contributed by atoms with E-state index < -0.39 is 0 Å². The van der Waals surface area contributed by atoms with Crippen LogP contribution in [0.2, 0.25) is 0 Å². The molecule has 1 amide bonds. The lowest BCUT2D eigenvalue weighted by Gasteiger charge is -2.38.